The second-order valence-corrected chi connectivity index (χ2v) is 5.74. The van der Waals surface area contributed by atoms with E-state index in [1.807, 2.05) is 0 Å². The zero-order valence-corrected chi connectivity index (χ0v) is 12.7. The summed E-state index contributed by atoms with van der Waals surface area (Å²) in [6, 6.07) is 4.24. The zero-order chi connectivity index (χ0) is 14.7. The van der Waals surface area contributed by atoms with Crippen molar-refractivity contribution in [1.82, 2.24) is 10.2 Å². The van der Waals surface area contributed by atoms with Gasteiger partial charge in [0.15, 0.2) is 0 Å². The van der Waals surface area contributed by atoms with Crippen molar-refractivity contribution in [2.45, 2.75) is 25.8 Å². The van der Waals surface area contributed by atoms with Crippen molar-refractivity contribution in [3.8, 4) is 0 Å². The number of rotatable bonds is 2. The maximum atomic E-state index is 13.1. The molecule has 0 unspecified atom stereocenters. The van der Waals surface area contributed by atoms with Crippen LogP contribution in [0.2, 0.25) is 0 Å². The van der Waals surface area contributed by atoms with Crippen LogP contribution in [0.4, 0.5) is 4.39 Å². The molecule has 1 aliphatic rings. The Morgan fingerprint density at radius 1 is 1.35 bits per heavy atom. The number of likely N-dealkylation sites (tertiary alicyclic amines) is 1. The molecule has 1 aromatic carbocycles. The standard InChI is InChI=1S/C14H16BrFN2O2/c1-9(19)18-6-4-11(5-7-18)17-14(20)10-2-3-13(16)12(15)8-10/h2-3,8,11H,4-7H2,1H3,(H,17,20). The van der Waals surface area contributed by atoms with Crippen molar-refractivity contribution >= 4 is 27.7 Å². The van der Waals surface area contributed by atoms with E-state index >= 15 is 0 Å². The van der Waals surface area contributed by atoms with Gasteiger partial charge in [0, 0.05) is 31.6 Å². The smallest absolute Gasteiger partial charge is 0.251 e. The van der Waals surface area contributed by atoms with Crippen molar-refractivity contribution in [1.29, 1.82) is 0 Å². The highest BCUT2D eigenvalue weighted by atomic mass is 79.9. The summed E-state index contributed by atoms with van der Waals surface area (Å²) < 4.78 is 13.4. The lowest BCUT2D eigenvalue weighted by Crippen LogP contribution is -2.46. The van der Waals surface area contributed by atoms with Gasteiger partial charge < -0.3 is 10.2 Å². The maximum Gasteiger partial charge on any atom is 0.251 e. The number of carbonyl (C=O) groups is 2. The summed E-state index contributed by atoms with van der Waals surface area (Å²) in [5.41, 5.74) is 0.423. The van der Waals surface area contributed by atoms with Crippen LogP contribution in [0.15, 0.2) is 22.7 Å². The first kappa shape index (κ1) is 15.0. The van der Waals surface area contributed by atoms with Crippen LogP contribution in [-0.4, -0.2) is 35.8 Å². The van der Waals surface area contributed by atoms with Crippen molar-refractivity contribution < 1.29 is 14.0 Å². The van der Waals surface area contributed by atoms with Gasteiger partial charge in [-0.15, -0.1) is 0 Å². The van der Waals surface area contributed by atoms with Gasteiger partial charge in [0.05, 0.1) is 4.47 Å². The molecular weight excluding hydrogens is 327 g/mol. The van der Waals surface area contributed by atoms with Crippen LogP contribution in [-0.2, 0) is 4.79 Å². The normalized spacial score (nSPS) is 16.1. The molecule has 0 aromatic heterocycles. The van der Waals surface area contributed by atoms with Crippen LogP contribution in [0.25, 0.3) is 0 Å². The fourth-order valence-corrected chi connectivity index (χ4v) is 2.62. The van der Waals surface area contributed by atoms with Gasteiger partial charge in [-0.25, -0.2) is 4.39 Å². The van der Waals surface area contributed by atoms with E-state index in [-0.39, 0.29) is 22.3 Å². The van der Waals surface area contributed by atoms with Gasteiger partial charge in [-0.05, 0) is 47.0 Å². The largest absolute Gasteiger partial charge is 0.349 e. The molecule has 0 aliphatic carbocycles. The molecule has 1 heterocycles. The Hall–Kier alpha value is -1.43. The van der Waals surface area contributed by atoms with E-state index in [0.717, 1.165) is 12.8 Å². The molecule has 2 amide bonds. The first-order chi connectivity index (χ1) is 9.47. The van der Waals surface area contributed by atoms with Gasteiger partial charge >= 0.3 is 0 Å². The Labute approximate surface area is 125 Å². The van der Waals surface area contributed by atoms with Crippen LogP contribution >= 0.6 is 15.9 Å². The Morgan fingerprint density at radius 3 is 2.55 bits per heavy atom. The van der Waals surface area contributed by atoms with Crippen molar-refractivity contribution in [2.24, 2.45) is 0 Å². The number of hydrogen-bond acceptors (Lipinski definition) is 2. The van der Waals surface area contributed by atoms with Gasteiger partial charge in [-0.3, -0.25) is 9.59 Å². The average molecular weight is 343 g/mol. The van der Waals surface area contributed by atoms with E-state index in [0.29, 0.717) is 18.7 Å². The number of halogens is 2. The monoisotopic (exact) mass is 342 g/mol. The minimum atomic E-state index is -0.392. The first-order valence-electron chi connectivity index (χ1n) is 6.49. The van der Waals surface area contributed by atoms with E-state index in [2.05, 4.69) is 21.2 Å². The highest BCUT2D eigenvalue weighted by Crippen LogP contribution is 2.17. The number of hydrogen-bond donors (Lipinski definition) is 1. The molecule has 1 aromatic rings. The van der Waals surface area contributed by atoms with Gasteiger partial charge in [0.2, 0.25) is 5.91 Å². The fraction of sp³-hybridized carbons (Fsp3) is 0.429. The average Bonchev–Trinajstić information content (AvgIpc) is 2.42. The number of piperidine rings is 1. The molecule has 108 valence electrons. The van der Waals surface area contributed by atoms with E-state index in [1.54, 1.807) is 11.8 Å². The molecule has 1 fully saturated rings. The molecule has 2 rings (SSSR count). The van der Waals surface area contributed by atoms with Crippen LogP contribution in [0.1, 0.15) is 30.1 Å². The number of nitrogens with zero attached hydrogens (tertiary/aromatic N) is 1. The van der Waals surface area contributed by atoms with E-state index in [1.165, 1.54) is 18.2 Å². The fourth-order valence-electron chi connectivity index (χ4n) is 2.24. The van der Waals surface area contributed by atoms with Gasteiger partial charge in [-0.2, -0.15) is 0 Å². The van der Waals surface area contributed by atoms with E-state index in [9.17, 15) is 14.0 Å². The third kappa shape index (κ3) is 3.56. The SMILES string of the molecule is CC(=O)N1CCC(NC(=O)c2ccc(F)c(Br)c2)CC1. The Morgan fingerprint density at radius 2 is 2.00 bits per heavy atom. The van der Waals surface area contributed by atoms with Gasteiger partial charge in [0.1, 0.15) is 5.82 Å². The Balaban J connectivity index is 1.92. The summed E-state index contributed by atoms with van der Waals surface area (Å²) in [6.07, 6.45) is 1.49. The number of benzene rings is 1. The van der Waals surface area contributed by atoms with Gasteiger partial charge in [-0.1, -0.05) is 0 Å². The molecule has 6 heteroatoms. The minimum absolute atomic E-state index is 0.0573. The summed E-state index contributed by atoms with van der Waals surface area (Å²) in [4.78, 5) is 25.0. The second-order valence-electron chi connectivity index (χ2n) is 4.88. The highest BCUT2D eigenvalue weighted by Gasteiger charge is 2.22. The van der Waals surface area contributed by atoms with Gasteiger partial charge in [0.25, 0.3) is 5.91 Å². The lowest BCUT2D eigenvalue weighted by atomic mass is 10.0. The van der Waals surface area contributed by atoms with Crippen LogP contribution in [0, 0.1) is 5.82 Å². The summed E-state index contributed by atoms with van der Waals surface area (Å²) >= 11 is 3.06. The summed E-state index contributed by atoms with van der Waals surface area (Å²) in [5, 5.41) is 2.92. The second kappa shape index (κ2) is 6.35. The Bertz CT molecular complexity index is 528. The molecule has 4 nitrogen and oxygen atoms in total. The molecule has 0 atom stereocenters. The molecule has 0 saturated carbocycles. The quantitative estimate of drug-likeness (QED) is 0.896. The van der Waals surface area contributed by atoms with Crippen LogP contribution in [0.3, 0.4) is 0 Å². The number of amides is 2. The summed E-state index contributed by atoms with van der Waals surface area (Å²) in [5.74, 6) is -0.541. The number of nitrogens with one attached hydrogen (secondary N) is 1. The predicted molar refractivity (Wildman–Crippen MR) is 76.8 cm³/mol. The minimum Gasteiger partial charge on any atom is -0.349 e. The van der Waals surface area contributed by atoms with Crippen molar-refractivity contribution in [3.05, 3.63) is 34.1 Å². The topological polar surface area (TPSA) is 49.4 Å². The maximum absolute atomic E-state index is 13.1. The van der Waals surface area contributed by atoms with Crippen LogP contribution < -0.4 is 5.32 Å². The predicted octanol–water partition coefficient (Wildman–Crippen LogP) is 2.33. The molecule has 0 bridgehead atoms. The third-order valence-corrected chi connectivity index (χ3v) is 4.06. The third-order valence-electron chi connectivity index (χ3n) is 3.46. The van der Waals surface area contributed by atoms with E-state index < -0.39 is 5.82 Å². The molecular formula is C14H16BrFN2O2. The van der Waals surface area contributed by atoms with Crippen molar-refractivity contribution in [3.63, 3.8) is 0 Å². The van der Waals surface area contributed by atoms with E-state index in [4.69, 9.17) is 0 Å². The lowest BCUT2D eigenvalue weighted by molar-refractivity contribution is -0.129. The highest BCUT2D eigenvalue weighted by molar-refractivity contribution is 9.10. The van der Waals surface area contributed by atoms with Crippen LogP contribution in [0.5, 0.6) is 0 Å². The molecule has 0 spiro atoms. The molecule has 0 radical (unpaired) electrons. The van der Waals surface area contributed by atoms with Crippen molar-refractivity contribution in [2.75, 3.05) is 13.1 Å². The molecule has 1 N–H and O–H groups in total. The first-order valence-corrected chi connectivity index (χ1v) is 7.28. The molecule has 20 heavy (non-hydrogen) atoms. The zero-order valence-electron chi connectivity index (χ0n) is 11.2. The molecule has 1 aliphatic heterocycles. The number of carbonyl (C=O) groups excluding carboxylic acids is 2. The molecule has 1 saturated heterocycles. The Kier molecular flexibility index (Phi) is 4.75. The summed E-state index contributed by atoms with van der Waals surface area (Å²) in [7, 11) is 0. The lowest BCUT2D eigenvalue weighted by Gasteiger charge is -2.31. The summed E-state index contributed by atoms with van der Waals surface area (Å²) in [6.45, 7) is 2.87.